The lowest BCUT2D eigenvalue weighted by atomic mass is 10.2. The average Bonchev–Trinajstić information content (AvgIpc) is 2.77. The second kappa shape index (κ2) is 5.53. The molecule has 6 nitrogen and oxygen atoms in total. The maximum Gasteiger partial charge on any atom is 0.329 e. The summed E-state index contributed by atoms with van der Waals surface area (Å²) in [6.07, 6.45) is 0. The topological polar surface area (TPSA) is 85.5 Å². The van der Waals surface area contributed by atoms with Crippen LogP contribution in [0.25, 0.3) is 11.5 Å². The minimum atomic E-state index is -1.15. The number of hydrogen-bond donors (Lipinski definition) is 1. The minimum absolute atomic E-state index is 0.0705. The highest BCUT2D eigenvalue weighted by Gasteiger charge is 2.17. The molecule has 0 unspecified atom stereocenters. The van der Waals surface area contributed by atoms with Crippen molar-refractivity contribution in [1.82, 2.24) is 10.2 Å². The molecule has 0 fully saturated rings. The van der Waals surface area contributed by atoms with Crippen LogP contribution in [0.4, 0.5) is 8.78 Å². The summed E-state index contributed by atoms with van der Waals surface area (Å²) in [6, 6.07) is 3.33. The molecule has 0 aliphatic heterocycles. The number of carbonyl (C=O) groups is 1. The van der Waals surface area contributed by atoms with Crippen LogP contribution in [-0.4, -0.2) is 27.9 Å². The van der Waals surface area contributed by atoms with E-state index in [2.05, 4.69) is 10.2 Å². The second-order valence-corrected chi connectivity index (χ2v) is 3.48. The minimum Gasteiger partial charge on any atom is -0.480 e. The molecule has 0 saturated carbocycles. The van der Waals surface area contributed by atoms with E-state index in [1.807, 2.05) is 0 Å². The van der Waals surface area contributed by atoms with E-state index in [1.165, 1.54) is 6.07 Å². The van der Waals surface area contributed by atoms with Crippen molar-refractivity contribution in [3.05, 3.63) is 35.7 Å². The lowest BCUT2D eigenvalue weighted by Crippen LogP contribution is -2.06. The second-order valence-electron chi connectivity index (χ2n) is 3.48. The van der Waals surface area contributed by atoms with Crippen LogP contribution in [0.3, 0.4) is 0 Å². The standard InChI is InChI=1S/C11H8F2N2O4/c12-6-2-1-3-7(13)10(6)11-15-14-8(19-11)4-18-5-9(16)17/h1-3H,4-5H2,(H,16,17). The maximum absolute atomic E-state index is 13.4. The van der Waals surface area contributed by atoms with Gasteiger partial charge in [-0.05, 0) is 12.1 Å². The highest BCUT2D eigenvalue weighted by atomic mass is 19.1. The predicted octanol–water partition coefficient (Wildman–Crippen LogP) is 1.62. The van der Waals surface area contributed by atoms with E-state index in [0.717, 1.165) is 12.1 Å². The van der Waals surface area contributed by atoms with Crippen molar-refractivity contribution in [3.63, 3.8) is 0 Å². The average molecular weight is 270 g/mol. The first-order chi connectivity index (χ1) is 9.08. The zero-order valence-corrected chi connectivity index (χ0v) is 9.47. The van der Waals surface area contributed by atoms with Gasteiger partial charge in [-0.15, -0.1) is 10.2 Å². The van der Waals surface area contributed by atoms with Gasteiger partial charge in [0.2, 0.25) is 5.89 Å². The normalized spacial score (nSPS) is 10.6. The summed E-state index contributed by atoms with van der Waals surface area (Å²) < 4.78 is 36.6. The highest BCUT2D eigenvalue weighted by Crippen LogP contribution is 2.24. The summed E-state index contributed by atoms with van der Waals surface area (Å²) in [5.74, 6) is -3.22. The Kier molecular flexibility index (Phi) is 3.81. The molecule has 0 saturated heterocycles. The predicted molar refractivity (Wildman–Crippen MR) is 56.9 cm³/mol. The largest absolute Gasteiger partial charge is 0.480 e. The van der Waals surface area contributed by atoms with Crippen LogP contribution >= 0.6 is 0 Å². The Balaban J connectivity index is 2.15. The number of aliphatic carboxylic acids is 1. The molecular formula is C11H8F2N2O4. The maximum atomic E-state index is 13.4. The summed E-state index contributed by atoms with van der Waals surface area (Å²) in [5.41, 5.74) is -0.431. The van der Waals surface area contributed by atoms with Gasteiger partial charge >= 0.3 is 5.97 Å². The molecule has 2 rings (SSSR count). The monoisotopic (exact) mass is 270 g/mol. The molecular weight excluding hydrogens is 262 g/mol. The zero-order chi connectivity index (χ0) is 13.8. The lowest BCUT2D eigenvalue weighted by molar-refractivity contribution is -0.142. The molecule has 2 aromatic rings. The molecule has 0 aliphatic carbocycles. The third-order valence-electron chi connectivity index (χ3n) is 2.09. The fourth-order valence-corrected chi connectivity index (χ4v) is 1.34. The van der Waals surface area contributed by atoms with E-state index >= 15 is 0 Å². The summed E-state index contributed by atoms with van der Waals surface area (Å²) in [6.45, 7) is -0.791. The van der Waals surface area contributed by atoms with Crippen LogP contribution < -0.4 is 0 Å². The summed E-state index contributed by atoms with van der Waals surface area (Å²) >= 11 is 0. The molecule has 0 spiro atoms. The third kappa shape index (κ3) is 3.10. The Morgan fingerprint density at radius 1 is 1.32 bits per heavy atom. The van der Waals surface area contributed by atoms with Crippen molar-refractivity contribution >= 4 is 5.97 Å². The Bertz CT molecular complexity index is 580. The van der Waals surface area contributed by atoms with Crippen LogP contribution in [0.1, 0.15) is 5.89 Å². The van der Waals surface area contributed by atoms with Crippen LogP contribution in [-0.2, 0) is 16.1 Å². The summed E-state index contributed by atoms with van der Waals surface area (Å²) in [7, 11) is 0. The quantitative estimate of drug-likeness (QED) is 0.888. The Morgan fingerprint density at radius 3 is 2.63 bits per heavy atom. The van der Waals surface area contributed by atoms with Crippen LogP contribution in [0, 0.1) is 11.6 Å². The van der Waals surface area contributed by atoms with Gasteiger partial charge in [-0.2, -0.15) is 0 Å². The van der Waals surface area contributed by atoms with Crippen molar-refractivity contribution in [2.75, 3.05) is 6.61 Å². The van der Waals surface area contributed by atoms with Gasteiger partial charge in [-0.25, -0.2) is 13.6 Å². The molecule has 1 aromatic heterocycles. The van der Waals surface area contributed by atoms with E-state index in [1.54, 1.807) is 0 Å². The number of rotatable bonds is 5. The fourth-order valence-electron chi connectivity index (χ4n) is 1.34. The zero-order valence-electron chi connectivity index (χ0n) is 9.47. The van der Waals surface area contributed by atoms with Gasteiger partial charge in [0.25, 0.3) is 5.89 Å². The van der Waals surface area contributed by atoms with E-state index in [0.29, 0.717) is 0 Å². The fraction of sp³-hybridized carbons (Fsp3) is 0.182. The smallest absolute Gasteiger partial charge is 0.329 e. The van der Waals surface area contributed by atoms with E-state index in [9.17, 15) is 13.6 Å². The van der Waals surface area contributed by atoms with Crippen molar-refractivity contribution < 1.29 is 27.8 Å². The van der Waals surface area contributed by atoms with Crippen molar-refractivity contribution in [2.45, 2.75) is 6.61 Å². The molecule has 19 heavy (non-hydrogen) atoms. The highest BCUT2D eigenvalue weighted by molar-refractivity contribution is 5.67. The lowest BCUT2D eigenvalue weighted by Gasteiger charge is -1.98. The van der Waals surface area contributed by atoms with Crippen LogP contribution in [0.15, 0.2) is 22.6 Å². The van der Waals surface area contributed by atoms with Crippen LogP contribution in [0.2, 0.25) is 0 Å². The number of aromatic nitrogens is 2. The molecule has 8 heteroatoms. The molecule has 1 aromatic carbocycles. The molecule has 0 bridgehead atoms. The van der Waals surface area contributed by atoms with Gasteiger partial charge in [0.05, 0.1) is 0 Å². The Morgan fingerprint density at radius 2 is 2.00 bits per heavy atom. The number of carboxylic acids is 1. The van der Waals surface area contributed by atoms with Crippen LogP contribution in [0.5, 0.6) is 0 Å². The first-order valence-electron chi connectivity index (χ1n) is 5.14. The van der Waals surface area contributed by atoms with E-state index in [4.69, 9.17) is 14.3 Å². The van der Waals surface area contributed by atoms with Gasteiger partial charge in [-0.3, -0.25) is 0 Å². The van der Waals surface area contributed by atoms with Gasteiger partial charge in [-0.1, -0.05) is 6.07 Å². The van der Waals surface area contributed by atoms with Gasteiger partial charge in [0.15, 0.2) is 0 Å². The molecule has 1 heterocycles. The molecule has 1 N–H and O–H groups in total. The molecule has 100 valence electrons. The molecule has 0 radical (unpaired) electrons. The number of hydrogen-bond acceptors (Lipinski definition) is 5. The number of halogens is 2. The number of benzene rings is 1. The number of carboxylic acid groups (broad SMARTS) is 1. The van der Waals surface area contributed by atoms with Crippen molar-refractivity contribution in [2.24, 2.45) is 0 Å². The SMILES string of the molecule is O=C(O)COCc1nnc(-c2c(F)cccc2F)o1. The molecule has 0 amide bonds. The third-order valence-corrected chi connectivity index (χ3v) is 2.09. The van der Waals surface area contributed by atoms with Gasteiger partial charge in [0.1, 0.15) is 30.4 Å². The van der Waals surface area contributed by atoms with Gasteiger partial charge < -0.3 is 14.3 Å². The Hall–Kier alpha value is -2.35. The summed E-state index contributed by atoms with van der Waals surface area (Å²) in [5, 5.41) is 15.3. The first kappa shape index (κ1) is 13.1. The van der Waals surface area contributed by atoms with E-state index < -0.39 is 29.8 Å². The first-order valence-corrected chi connectivity index (χ1v) is 5.14. The van der Waals surface area contributed by atoms with Gasteiger partial charge in [0, 0.05) is 0 Å². The number of nitrogens with zero attached hydrogens (tertiary/aromatic N) is 2. The van der Waals surface area contributed by atoms with Crippen molar-refractivity contribution in [1.29, 1.82) is 0 Å². The van der Waals surface area contributed by atoms with E-state index in [-0.39, 0.29) is 18.4 Å². The Labute approximate surface area is 105 Å². The molecule has 0 aliphatic rings. The summed E-state index contributed by atoms with van der Waals surface area (Å²) in [4.78, 5) is 10.2. The van der Waals surface area contributed by atoms with Crippen molar-refractivity contribution in [3.8, 4) is 11.5 Å². The number of ether oxygens (including phenoxy) is 1. The molecule has 0 atom stereocenters.